The average molecular weight is 343 g/mol. The molecular formula is C20H22FNO3. The maximum absolute atomic E-state index is 14.4. The van der Waals surface area contributed by atoms with E-state index in [-0.39, 0.29) is 18.5 Å². The largest absolute Gasteiger partial charge is 0.497 e. The first-order valence-corrected chi connectivity index (χ1v) is 8.36. The Morgan fingerprint density at radius 1 is 1.16 bits per heavy atom. The molecule has 0 saturated heterocycles. The molecule has 0 bridgehead atoms. The second kappa shape index (κ2) is 7.57. The second-order valence-corrected chi connectivity index (χ2v) is 5.89. The van der Waals surface area contributed by atoms with Gasteiger partial charge in [-0.3, -0.25) is 0 Å². The lowest BCUT2D eigenvalue weighted by Gasteiger charge is -2.29. The summed E-state index contributed by atoms with van der Waals surface area (Å²) in [5.74, 6) is 1.02. The van der Waals surface area contributed by atoms with Crippen molar-refractivity contribution in [3.05, 3.63) is 53.3 Å². The van der Waals surface area contributed by atoms with E-state index in [2.05, 4.69) is 5.32 Å². The molecule has 3 rings (SSSR count). The van der Waals surface area contributed by atoms with Gasteiger partial charge in [0.25, 0.3) is 0 Å². The standard InChI is InChI=1S/C20H22FNO3/c1-3-10-25-19-9-8-17(21)16-11-15(18(12-23)22-20(16)19)13-4-6-14(24-2)7-5-13/h4-9,11,18,22-23H,3,10,12H2,1-2H3. The fourth-order valence-electron chi connectivity index (χ4n) is 2.92. The number of halogens is 1. The second-order valence-electron chi connectivity index (χ2n) is 5.89. The van der Waals surface area contributed by atoms with Crippen molar-refractivity contribution in [1.29, 1.82) is 0 Å². The molecule has 0 saturated carbocycles. The van der Waals surface area contributed by atoms with Gasteiger partial charge in [-0.05, 0) is 47.9 Å². The Bertz CT molecular complexity index is 771. The van der Waals surface area contributed by atoms with Gasteiger partial charge in [0.05, 0.1) is 32.1 Å². The molecule has 2 N–H and O–H groups in total. The van der Waals surface area contributed by atoms with Crippen LogP contribution in [0.3, 0.4) is 0 Å². The first kappa shape index (κ1) is 17.3. The summed E-state index contributed by atoms with van der Waals surface area (Å²) in [7, 11) is 1.61. The Kier molecular flexibility index (Phi) is 5.24. The molecule has 1 atom stereocenters. The van der Waals surface area contributed by atoms with Crippen molar-refractivity contribution in [3.8, 4) is 11.5 Å². The van der Waals surface area contributed by atoms with E-state index in [1.54, 1.807) is 19.3 Å². The number of fused-ring (bicyclic) bond motifs is 1. The third-order valence-electron chi connectivity index (χ3n) is 4.22. The van der Waals surface area contributed by atoms with Gasteiger partial charge in [-0.15, -0.1) is 0 Å². The molecule has 132 valence electrons. The minimum Gasteiger partial charge on any atom is -0.497 e. The predicted octanol–water partition coefficient (Wildman–Crippen LogP) is 3.95. The highest BCUT2D eigenvalue weighted by atomic mass is 19.1. The number of nitrogens with one attached hydrogen (secondary N) is 1. The monoisotopic (exact) mass is 343 g/mol. The fraction of sp³-hybridized carbons (Fsp3) is 0.300. The van der Waals surface area contributed by atoms with Crippen LogP contribution >= 0.6 is 0 Å². The van der Waals surface area contributed by atoms with Gasteiger partial charge in [0.1, 0.15) is 17.3 Å². The van der Waals surface area contributed by atoms with E-state index < -0.39 is 0 Å². The molecule has 1 aliphatic heterocycles. The van der Waals surface area contributed by atoms with Crippen molar-refractivity contribution in [2.24, 2.45) is 0 Å². The van der Waals surface area contributed by atoms with E-state index in [0.29, 0.717) is 23.6 Å². The maximum atomic E-state index is 14.4. The molecule has 0 amide bonds. The number of methoxy groups -OCH3 is 1. The number of aliphatic hydroxyl groups excluding tert-OH is 1. The van der Waals surface area contributed by atoms with Gasteiger partial charge in [-0.2, -0.15) is 0 Å². The van der Waals surface area contributed by atoms with Crippen LogP contribution in [0, 0.1) is 5.82 Å². The summed E-state index contributed by atoms with van der Waals surface area (Å²) >= 11 is 0. The number of hydrogen-bond donors (Lipinski definition) is 2. The zero-order chi connectivity index (χ0) is 17.8. The number of aliphatic hydroxyl groups is 1. The molecule has 1 unspecified atom stereocenters. The van der Waals surface area contributed by atoms with Gasteiger partial charge in [-0.25, -0.2) is 4.39 Å². The minimum atomic E-state index is -0.341. The summed E-state index contributed by atoms with van der Waals surface area (Å²) in [5, 5.41) is 13.1. The number of rotatable bonds is 6. The number of hydrogen-bond acceptors (Lipinski definition) is 4. The van der Waals surface area contributed by atoms with Crippen LogP contribution in [0.4, 0.5) is 10.1 Å². The summed E-state index contributed by atoms with van der Waals surface area (Å²) in [4.78, 5) is 0. The molecule has 0 aliphatic carbocycles. The van der Waals surface area contributed by atoms with Gasteiger partial charge < -0.3 is 19.9 Å². The SMILES string of the molecule is CCCOc1ccc(F)c2c1NC(CO)C(c1ccc(OC)cc1)=C2. The minimum absolute atomic E-state index is 0.110. The highest BCUT2D eigenvalue weighted by molar-refractivity contribution is 5.94. The third-order valence-corrected chi connectivity index (χ3v) is 4.22. The van der Waals surface area contributed by atoms with Crippen LogP contribution < -0.4 is 14.8 Å². The van der Waals surface area contributed by atoms with Gasteiger partial charge in [0, 0.05) is 5.56 Å². The lowest BCUT2D eigenvalue weighted by Crippen LogP contribution is -2.29. The zero-order valence-corrected chi connectivity index (χ0v) is 14.4. The molecule has 1 aliphatic rings. The van der Waals surface area contributed by atoms with E-state index in [0.717, 1.165) is 23.3 Å². The van der Waals surface area contributed by atoms with Crippen LogP contribution in [0.25, 0.3) is 11.6 Å². The van der Waals surface area contributed by atoms with E-state index in [1.807, 2.05) is 31.2 Å². The van der Waals surface area contributed by atoms with Gasteiger partial charge >= 0.3 is 0 Å². The number of ether oxygens (including phenoxy) is 2. The molecule has 4 nitrogen and oxygen atoms in total. The van der Waals surface area contributed by atoms with Crippen LogP contribution in [0.1, 0.15) is 24.5 Å². The van der Waals surface area contributed by atoms with E-state index in [9.17, 15) is 9.50 Å². The van der Waals surface area contributed by atoms with Crippen LogP contribution in [0.15, 0.2) is 36.4 Å². The van der Waals surface area contributed by atoms with Crippen molar-refractivity contribution < 1.29 is 19.0 Å². The van der Waals surface area contributed by atoms with Crippen molar-refractivity contribution in [1.82, 2.24) is 0 Å². The Balaban J connectivity index is 2.05. The van der Waals surface area contributed by atoms with E-state index in [4.69, 9.17) is 9.47 Å². The van der Waals surface area contributed by atoms with Crippen molar-refractivity contribution in [2.45, 2.75) is 19.4 Å². The molecule has 2 aromatic rings. The van der Waals surface area contributed by atoms with Gasteiger partial charge in [-0.1, -0.05) is 19.1 Å². The molecule has 2 aromatic carbocycles. The summed E-state index contributed by atoms with van der Waals surface area (Å²) in [5.41, 5.74) is 2.76. The Morgan fingerprint density at radius 3 is 2.56 bits per heavy atom. The average Bonchev–Trinajstić information content (AvgIpc) is 2.66. The maximum Gasteiger partial charge on any atom is 0.143 e. The lowest BCUT2D eigenvalue weighted by molar-refractivity contribution is 0.291. The summed E-state index contributed by atoms with van der Waals surface area (Å²) in [6.45, 7) is 2.46. The predicted molar refractivity (Wildman–Crippen MR) is 97.5 cm³/mol. The molecule has 0 spiro atoms. The van der Waals surface area contributed by atoms with Crippen LogP contribution in [0.2, 0.25) is 0 Å². The Labute approximate surface area is 146 Å². The highest BCUT2D eigenvalue weighted by Gasteiger charge is 2.26. The third kappa shape index (κ3) is 3.46. The number of benzene rings is 2. The molecule has 1 heterocycles. The molecule has 0 fully saturated rings. The first-order chi connectivity index (χ1) is 12.2. The summed E-state index contributed by atoms with van der Waals surface area (Å²) in [6.07, 6.45) is 2.64. The van der Waals surface area contributed by atoms with Crippen LogP contribution in [0.5, 0.6) is 11.5 Å². The number of anilines is 1. The van der Waals surface area contributed by atoms with Crippen LogP contribution in [-0.4, -0.2) is 31.5 Å². The van der Waals surface area contributed by atoms with Crippen LogP contribution in [-0.2, 0) is 0 Å². The topological polar surface area (TPSA) is 50.7 Å². The normalized spacial score (nSPS) is 15.8. The molecule has 0 aromatic heterocycles. The fourth-order valence-corrected chi connectivity index (χ4v) is 2.92. The van der Waals surface area contributed by atoms with Crippen molar-refractivity contribution in [2.75, 3.05) is 25.6 Å². The highest BCUT2D eigenvalue weighted by Crippen LogP contribution is 2.39. The van der Waals surface area contributed by atoms with Crippen molar-refractivity contribution in [3.63, 3.8) is 0 Å². The van der Waals surface area contributed by atoms with Gasteiger partial charge in [0.15, 0.2) is 0 Å². The lowest BCUT2D eigenvalue weighted by atomic mass is 9.91. The Hall–Kier alpha value is -2.53. The van der Waals surface area contributed by atoms with E-state index >= 15 is 0 Å². The molecule has 5 heteroatoms. The summed E-state index contributed by atoms with van der Waals surface area (Å²) in [6, 6.07) is 10.2. The Morgan fingerprint density at radius 2 is 1.92 bits per heavy atom. The summed E-state index contributed by atoms with van der Waals surface area (Å²) < 4.78 is 25.3. The van der Waals surface area contributed by atoms with Gasteiger partial charge in [0.2, 0.25) is 0 Å². The van der Waals surface area contributed by atoms with E-state index in [1.165, 1.54) is 6.07 Å². The zero-order valence-electron chi connectivity index (χ0n) is 14.4. The smallest absolute Gasteiger partial charge is 0.143 e. The molecular weight excluding hydrogens is 321 g/mol. The molecule has 0 radical (unpaired) electrons. The van der Waals surface area contributed by atoms with Crippen molar-refractivity contribution >= 4 is 17.3 Å². The quantitative estimate of drug-likeness (QED) is 0.834. The first-order valence-electron chi connectivity index (χ1n) is 8.36. The molecule has 25 heavy (non-hydrogen) atoms.